The highest BCUT2D eigenvalue weighted by Crippen LogP contribution is 2.26. The maximum atomic E-state index is 12.7. The molecule has 3 rings (SSSR count). The molecule has 0 aliphatic carbocycles. The molecule has 8 nitrogen and oxygen atoms in total. The highest BCUT2D eigenvalue weighted by molar-refractivity contribution is 6.30. The summed E-state index contributed by atoms with van der Waals surface area (Å²) in [6, 6.07) is 7.32. The number of nitrogens with one attached hydrogen (secondary N) is 1. The molecule has 9 heteroatoms. The molecule has 1 atom stereocenters. The van der Waals surface area contributed by atoms with Crippen molar-refractivity contribution in [1.29, 1.82) is 0 Å². The van der Waals surface area contributed by atoms with Crippen LogP contribution in [0.2, 0.25) is 5.02 Å². The Morgan fingerprint density at radius 2 is 2.08 bits per heavy atom. The number of nitrogens with zero attached hydrogens (tertiary/aromatic N) is 5. The zero-order valence-electron chi connectivity index (χ0n) is 14.0. The van der Waals surface area contributed by atoms with Gasteiger partial charge in [-0.3, -0.25) is 4.79 Å². The van der Waals surface area contributed by atoms with E-state index in [1.165, 1.54) is 0 Å². The van der Waals surface area contributed by atoms with Gasteiger partial charge in [-0.05, 0) is 36.8 Å². The van der Waals surface area contributed by atoms with Crippen molar-refractivity contribution in [3.63, 3.8) is 0 Å². The van der Waals surface area contributed by atoms with Crippen molar-refractivity contribution < 1.29 is 9.32 Å². The minimum absolute atomic E-state index is 0.0790. The van der Waals surface area contributed by atoms with Gasteiger partial charge in [0, 0.05) is 12.1 Å². The fourth-order valence-corrected chi connectivity index (χ4v) is 2.67. The van der Waals surface area contributed by atoms with E-state index in [9.17, 15) is 4.79 Å². The predicted molar refractivity (Wildman–Crippen MR) is 90.8 cm³/mol. The van der Waals surface area contributed by atoms with Crippen molar-refractivity contribution in [3.05, 3.63) is 46.3 Å². The Morgan fingerprint density at radius 1 is 1.36 bits per heavy atom. The number of hydrogen-bond acceptors (Lipinski definition) is 6. The van der Waals surface area contributed by atoms with E-state index in [4.69, 9.17) is 16.1 Å². The second-order valence-electron chi connectivity index (χ2n) is 5.70. The van der Waals surface area contributed by atoms with Gasteiger partial charge < -0.3 is 9.42 Å². The van der Waals surface area contributed by atoms with E-state index < -0.39 is 0 Å². The van der Waals surface area contributed by atoms with Crippen LogP contribution < -0.4 is 0 Å². The zero-order chi connectivity index (χ0) is 18.0. The number of aromatic nitrogens is 5. The van der Waals surface area contributed by atoms with Crippen LogP contribution in [0.3, 0.4) is 0 Å². The Morgan fingerprint density at radius 3 is 2.72 bits per heavy atom. The van der Waals surface area contributed by atoms with Crippen LogP contribution in [0.15, 0.2) is 28.8 Å². The number of amides is 1. The Balaban J connectivity index is 1.77. The fourth-order valence-electron chi connectivity index (χ4n) is 2.54. The van der Waals surface area contributed by atoms with Gasteiger partial charge >= 0.3 is 0 Å². The summed E-state index contributed by atoms with van der Waals surface area (Å²) in [6.45, 7) is 3.70. The molecule has 1 N–H and O–H groups in total. The molecular formula is C16H17ClN6O2. The maximum Gasteiger partial charge on any atom is 0.228 e. The molecule has 0 unspecified atom stereocenters. The SMILES string of the molecule is Cc1onc(CC(=O)N(C)[C@@H](C)c2ccc(Cl)cc2)c1-c1nn[nH]n1. The molecule has 130 valence electrons. The molecule has 25 heavy (non-hydrogen) atoms. The summed E-state index contributed by atoms with van der Waals surface area (Å²) in [6.07, 6.45) is 0.0790. The quantitative estimate of drug-likeness (QED) is 0.750. The highest BCUT2D eigenvalue weighted by atomic mass is 35.5. The molecule has 1 amide bonds. The Bertz CT molecular complexity index is 859. The molecule has 0 saturated heterocycles. The van der Waals surface area contributed by atoms with E-state index >= 15 is 0 Å². The topological polar surface area (TPSA) is 101 Å². The molecule has 0 aliphatic rings. The second-order valence-corrected chi connectivity index (χ2v) is 6.14. The number of aryl methyl sites for hydroxylation is 1. The van der Waals surface area contributed by atoms with Crippen LogP contribution in [-0.4, -0.2) is 43.6 Å². The minimum atomic E-state index is -0.105. The van der Waals surface area contributed by atoms with Crippen LogP contribution in [0.1, 0.15) is 30.0 Å². The largest absolute Gasteiger partial charge is 0.361 e. The first kappa shape index (κ1) is 17.1. The van der Waals surface area contributed by atoms with Crippen molar-refractivity contribution in [2.24, 2.45) is 0 Å². The van der Waals surface area contributed by atoms with Gasteiger partial charge in [-0.2, -0.15) is 5.21 Å². The third-order valence-electron chi connectivity index (χ3n) is 4.15. The van der Waals surface area contributed by atoms with E-state index in [2.05, 4.69) is 25.8 Å². The van der Waals surface area contributed by atoms with Gasteiger partial charge in [0.15, 0.2) is 0 Å². The van der Waals surface area contributed by atoms with Gasteiger partial charge in [0.05, 0.1) is 18.0 Å². The molecule has 0 radical (unpaired) electrons. The molecule has 2 heterocycles. The average Bonchev–Trinajstić information content (AvgIpc) is 3.24. The number of hydrogen-bond donors (Lipinski definition) is 1. The summed E-state index contributed by atoms with van der Waals surface area (Å²) in [7, 11) is 1.75. The van der Waals surface area contributed by atoms with Gasteiger partial charge in [-0.25, -0.2) is 0 Å². The van der Waals surface area contributed by atoms with Gasteiger partial charge in [0.25, 0.3) is 0 Å². The zero-order valence-corrected chi connectivity index (χ0v) is 14.8. The number of aromatic amines is 1. The lowest BCUT2D eigenvalue weighted by Crippen LogP contribution is -2.31. The van der Waals surface area contributed by atoms with Crippen LogP contribution in [0.5, 0.6) is 0 Å². The lowest BCUT2D eigenvalue weighted by molar-refractivity contribution is -0.131. The summed E-state index contributed by atoms with van der Waals surface area (Å²) < 4.78 is 5.20. The van der Waals surface area contributed by atoms with Crippen molar-refractivity contribution in [2.75, 3.05) is 7.05 Å². The number of tetrazole rings is 1. The van der Waals surface area contributed by atoms with Crippen LogP contribution in [0.25, 0.3) is 11.4 Å². The van der Waals surface area contributed by atoms with Crippen LogP contribution in [-0.2, 0) is 11.2 Å². The number of halogens is 1. The standard InChI is InChI=1S/C16H17ClN6O2/c1-9(11-4-6-12(17)7-5-11)23(3)14(24)8-13-15(10(2)25-20-13)16-18-21-22-19-16/h4-7,9H,8H2,1-3H3,(H,18,19,21,22)/t9-/m0/s1. The minimum Gasteiger partial charge on any atom is -0.361 e. The van der Waals surface area contributed by atoms with Gasteiger partial charge in [-0.1, -0.05) is 28.9 Å². The molecule has 1 aromatic carbocycles. The molecule has 0 fully saturated rings. The van der Waals surface area contributed by atoms with Gasteiger partial charge in [0.1, 0.15) is 11.5 Å². The molecule has 3 aromatic rings. The first-order valence-electron chi connectivity index (χ1n) is 7.67. The average molecular weight is 361 g/mol. The molecule has 0 spiro atoms. The van der Waals surface area contributed by atoms with Gasteiger partial charge in [-0.15, -0.1) is 10.2 Å². The fraction of sp³-hybridized carbons (Fsp3) is 0.312. The third kappa shape index (κ3) is 3.53. The maximum absolute atomic E-state index is 12.7. The van der Waals surface area contributed by atoms with E-state index in [0.29, 0.717) is 27.9 Å². The summed E-state index contributed by atoms with van der Waals surface area (Å²) in [5.41, 5.74) is 2.07. The summed E-state index contributed by atoms with van der Waals surface area (Å²) in [5, 5.41) is 18.4. The Kier molecular flexibility index (Phi) is 4.80. The van der Waals surface area contributed by atoms with E-state index in [0.717, 1.165) is 5.56 Å². The van der Waals surface area contributed by atoms with Gasteiger partial charge in [0.2, 0.25) is 11.7 Å². The molecule has 0 aliphatic heterocycles. The van der Waals surface area contributed by atoms with Crippen molar-refractivity contribution >= 4 is 17.5 Å². The first-order chi connectivity index (χ1) is 12.0. The molecule has 0 bridgehead atoms. The van der Waals surface area contributed by atoms with Crippen molar-refractivity contribution in [2.45, 2.75) is 26.3 Å². The first-order valence-corrected chi connectivity index (χ1v) is 8.05. The number of likely N-dealkylation sites (N-methyl/N-ethyl adjacent to an activating group) is 1. The molecular weight excluding hydrogens is 344 g/mol. The van der Waals surface area contributed by atoms with Crippen LogP contribution in [0, 0.1) is 6.92 Å². The Labute approximate surface area is 149 Å². The highest BCUT2D eigenvalue weighted by Gasteiger charge is 2.24. The predicted octanol–water partition coefficient (Wildman–Crippen LogP) is 2.58. The lowest BCUT2D eigenvalue weighted by Gasteiger charge is -2.25. The second kappa shape index (κ2) is 7.02. The van der Waals surface area contributed by atoms with E-state index in [1.807, 2.05) is 19.1 Å². The monoisotopic (exact) mass is 360 g/mol. The Hall–Kier alpha value is -2.74. The van der Waals surface area contributed by atoms with E-state index in [1.54, 1.807) is 31.0 Å². The number of carbonyl (C=O) groups excluding carboxylic acids is 1. The number of rotatable bonds is 5. The van der Waals surface area contributed by atoms with Crippen LogP contribution >= 0.6 is 11.6 Å². The normalized spacial score (nSPS) is 12.2. The van der Waals surface area contributed by atoms with Crippen molar-refractivity contribution in [1.82, 2.24) is 30.7 Å². The smallest absolute Gasteiger partial charge is 0.228 e. The third-order valence-corrected chi connectivity index (χ3v) is 4.40. The van der Waals surface area contributed by atoms with Crippen LogP contribution in [0.4, 0.5) is 0 Å². The lowest BCUT2D eigenvalue weighted by atomic mass is 10.1. The number of carbonyl (C=O) groups is 1. The number of H-pyrrole nitrogens is 1. The van der Waals surface area contributed by atoms with E-state index in [-0.39, 0.29) is 18.4 Å². The number of benzene rings is 1. The summed E-state index contributed by atoms with van der Waals surface area (Å²) in [4.78, 5) is 14.3. The van der Waals surface area contributed by atoms with Crippen molar-refractivity contribution in [3.8, 4) is 11.4 Å². The molecule has 2 aromatic heterocycles. The molecule has 0 saturated carbocycles. The summed E-state index contributed by atoms with van der Waals surface area (Å²) in [5.74, 6) is 0.799. The summed E-state index contributed by atoms with van der Waals surface area (Å²) >= 11 is 5.92.